The molecule has 2 aromatic carbocycles. The van der Waals surface area contributed by atoms with Crippen molar-refractivity contribution in [3.8, 4) is 0 Å². The van der Waals surface area contributed by atoms with Gasteiger partial charge >= 0.3 is 17.9 Å². The second kappa shape index (κ2) is 12.7. The number of amides is 2. The zero-order valence-corrected chi connectivity index (χ0v) is 21.0. The van der Waals surface area contributed by atoms with Gasteiger partial charge in [0.25, 0.3) is 5.91 Å². The number of carbonyl (C=O) groups excluding carboxylic acids is 5. The quantitative estimate of drug-likeness (QED) is 0.381. The zero-order chi connectivity index (χ0) is 26.9. The number of ether oxygens (including phenoxy) is 3. The summed E-state index contributed by atoms with van der Waals surface area (Å²) < 4.78 is 15.2. The third kappa shape index (κ3) is 7.63. The molecule has 0 radical (unpaired) electrons. The summed E-state index contributed by atoms with van der Waals surface area (Å²) in [5, 5.41) is 2.59. The minimum absolute atomic E-state index is 0.0472. The van der Waals surface area contributed by atoms with E-state index in [0.717, 1.165) is 0 Å². The van der Waals surface area contributed by atoms with Gasteiger partial charge < -0.3 is 24.4 Å². The van der Waals surface area contributed by atoms with E-state index < -0.39 is 36.3 Å². The van der Waals surface area contributed by atoms with Crippen molar-refractivity contribution in [1.29, 1.82) is 0 Å². The summed E-state index contributed by atoms with van der Waals surface area (Å²) in [5.41, 5.74) is 1.69. The third-order valence-electron chi connectivity index (χ3n) is 5.45. The maximum atomic E-state index is 12.5. The van der Waals surface area contributed by atoms with Gasteiger partial charge in [0.1, 0.15) is 0 Å². The lowest BCUT2D eigenvalue weighted by molar-refractivity contribution is -0.151. The van der Waals surface area contributed by atoms with Gasteiger partial charge in [0.15, 0.2) is 6.61 Å². The van der Waals surface area contributed by atoms with Gasteiger partial charge in [-0.2, -0.15) is 0 Å². The number of esters is 3. The minimum atomic E-state index is -0.721. The van der Waals surface area contributed by atoms with Crippen LogP contribution in [-0.2, 0) is 28.6 Å². The molecule has 1 fully saturated rings. The summed E-state index contributed by atoms with van der Waals surface area (Å²) in [4.78, 5) is 62.4. The Bertz CT molecular complexity index is 1140. The summed E-state index contributed by atoms with van der Waals surface area (Å²) in [6, 6.07) is 12.5. The molecular weight excluding hydrogens is 480 g/mol. The highest BCUT2D eigenvalue weighted by atomic mass is 16.5. The van der Waals surface area contributed by atoms with Crippen LogP contribution in [-0.4, -0.2) is 56.1 Å². The normalized spacial score (nSPS) is 14.9. The fraction of sp³-hybridized carbons (Fsp3) is 0.370. The van der Waals surface area contributed by atoms with Crippen molar-refractivity contribution in [1.82, 2.24) is 0 Å². The third-order valence-corrected chi connectivity index (χ3v) is 5.45. The Hall–Kier alpha value is -4.21. The Kier molecular flexibility index (Phi) is 9.37. The predicted octanol–water partition coefficient (Wildman–Crippen LogP) is 3.21. The molecule has 10 heteroatoms. The molecule has 0 saturated carbocycles. The van der Waals surface area contributed by atoms with Crippen LogP contribution in [0.5, 0.6) is 0 Å². The molecule has 0 aromatic heterocycles. The lowest BCUT2D eigenvalue weighted by Gasteiger charge is -2.17. The van der Waals surface area contributed by atoms with Crippen LogP contribution >= 0.6 is 0 Å². The van der Waals surface area contributed by atoms with Crippen molar-refractivity contribution in [3.05, 3.63) is 59.7 Å². The Morgan fingerprint density at radius 3 is 2.11 bits per heavy atom. The van der Waals surface area contributed by atoms with Crippen LogP contribution < -0.4 is 10.2 Å². The Morgan fingerprint density at radius 2 is 1.51 bits per heavy atom. The number of benzene rings is 2. The van der Waals surface area contributed by atoms with Gasteiger partial charge in [0.2, 0.25) is 5.91 Å². The van der Waals surface area contributed by atoms with Crippen molar-refractivity contribution < 1.29 is 38.2 Å². The molecule has 3 rings (SSSR count). The highest BCUT2D eigenvalue weighted by Gasteiger charge is 2.36. The Morgan fingerprint density at radius 1 is 0.919 bits per heavy atom. The van der Waals surface area contributed by atoms with E-state index in [1.165, 1.54) is 17.0 Å². The molecule has 1 aliphatic heterocycles. The molecule has 10 nitrogen and oxygen atoms in total. The summed E-state index contributed by atoms with van der Waals surface area (Å²) in [6.07, 6.45) is -0.0472. The average Bonchev–Trinajstić information content (AvgIpc) is 3.28. The van der Waals surface area contributed by atoms with E-state index in [-0.39, 0.29) is 31.4 Å². The van der Waals surface area contributed by atoms with Crippen LogP contribution in [0.3, 0.4) is 0 Å². The standard InChI is InChI=1S/C27H30N2O8/c1-4-35-25(32)19-7-11-22(12-8-19)29-14-20(13-24(29)31)27(34)37-16-23(30)28-21-9-5-18(6-10-21)26(33)36-15-17(2)3/h5-12,17,20H,4,13-16H2,1-3H3,(H,28,30)/t20-/m0/s1. The molecule has 0 spiro atoms. The fourth-order valence-electron chi connectivity index (χ4n) is 3.57. The highest BCUT2D eigenvalue weighted by molar-refractivity contribution is 6.00. The first kappa shape index (κ1) is 27.4. The van der Waals surface area contributed by atoms with Crippen LogP contribution in [0, 0.1) is 11.8 Å². The van der Waals surface area contributed by atoms with Gasteiger partial charge in [-0.05, 0) is 61.4 Å². The molecule has 1 heterocycles. The number of hydrogen-bond donors (Lipinski definition) is 1. The molecule has 2 aromatic rings. The maximum Gasteiger partial charge on any atom is 0.338 e. The Labute approximate surface area is 214 Å². The van der Waals surface area contributed by atoms with E-state index in [2.05, 4.69) is 5.32 Å². The maximum absolute atomic E-state index is 12.5. The van der Waals surface area contributed by atoms with Crippen LogP contribution in [0.1, 0.15) is 47.9 Å². The van der Waals surface area contributed by atoms with Crippen molar-refractivity contribution in [2.24, 2.45) is 11.8 Å². The second-order valence-corrected chi connectivity index (χ2v) is 8.90. The molecule has 0 bridgehead atoms. The van der Waals surface area contributed by atoms with Gasteiger partial charge in [0, 0.05) is 24.3 Å². The van der Waals surface area contributed by atoms with Gasteiger partial charge in [-0.25, -0.2) is 9.59 Å². The van der Waals surface area contributed by atoms with E-state index >= 15 is 0 Å². The number of nitrogens with zero attached hydrogens (tertiary/aromatic N) is 1. The molecule has 37 heavy (non-hydrogen) atoms. The first-order valence-electron chi connectivity index (χ1n) is 12.0. The average molecular weight is 511 g/mol. The van der Waals surface area contributed by atoms with Crippen molar-refractivity contribution in [2.45, 2.75) is 27.2 Å². The molecule has 196 valence electrons. The summed E-state index contributed by atoms with van der Waals surface area (Å²) in [7, 11) is 0. The zero-order valence-electron chi connectivity index (χ0n) is 21.0. The monoisotopic (exact) mass is 510 g/mol. The van der Waals surface area contributed by atoms with E-state index in [4.69, 9.17) is 14.2 Å². The lowest BCUT2D eigenvalue weighted by atomic mass is 10.1. The van der Waals surface area contributed by atoms with Crippen molar-refractivity contribution in [3.63, 3.8) is 0 Å². The highest BCUT2D eigenvalue weighted by Crippen LogP contribution is 2.26. The first-order chi connectivity index (χ1) is 17.7. The van der Waals surface area contributed by atoms with E-state index in [9.17, 15) is 24.0 Å². The van der Waals surface area contributed by atoms with Crippen molar-refractivity contribution in [2.75, 3.05) is 36.6 Å². The lowest BCUT2D eigenvalue weighted by Crippen LogP contribution is -2.28. The van der Waals surface area contributed by atoms with Crippen LogP contribution in [0.4, 0.5) is 11.4 Å². The van der Waals surface area contributed by atoms with Gasteiger partial charge in [0.05, 0.1) is 30.3 Å². The smallest absolute Gasteiger partial charge is 0.338 e. The van der Waals surface area contributed by atoms with Crippen LogP contribution in [0.2, 0.25) is 0 Å². The predicted molar refractivity (Wildman–Crippen MR) is 134 cm³/mol. The second-order valence-electron chi connectivity index (χ2n) is 8.90. The minimum Gasteiger partial charge on any atom is -0.462 e. The molecule has 1 aliphatic rings. The number of anilines is 2. The topological polar surface area (TPSA) is 128 Å². The van der Waals surface area contributed by atoms with Gasteiger partial charge in [-0.15, -0.1) is 0 Å². The fourth-order valence-corrected chi connectivity index (χ4v) is 3.57. The van der Waals surface area contributed by atoms with E-state index in [0.29, 0.717) is 29.1 Å². The van der Waals surface area contributed by atoms with E-state index in [1.54, 1.807) is 43.3 Å². The van der Waals surface area contributed by atoms with E-state index in [1.807, 2.05) is 13.8 Å². The molecule has 1 N–H and O–H groups in total. The number of hydrogen-bond acceptors (Lipinski definition) is 8. The molecule has 1 saturated heterocycles. The molecule has 0 unspecified atom stereocenters. The van der Waals surface area contributed by atoms with Gasteiger partial charge in [-0.3, -0.25) is 14.4 Å². The number of rotatable bonds is 10. The Balaban J connectivity index is 1.47. The largest absolute Gasteiger partial charge is 0.462 e. The first-order valence-corrected chi connectivity index (χ1v) is 12.0. The van der Waals surface area contributed by atoms with Crippen LogP contribution in [0.15, 0.2) is 48.5 Å². The molecule has 2 amide bonds. The number of nitrogens with one attached hydrogen (secondary N) is 1. The summed E-state index contributed by atoms with van der Waals surface area (Å²) in [6.45, 7) is 5.74. The molecule has 1 atom stereocenters. The van der Waals surface area contributed by atoms with Crippen LogP contribution in [0.25, 0.3) is 0 Å². The van der Waals surface area contributed by atoms with Gasteiger partial charge in [-0.1, -0.05) is 13.8 Å². The SMILES string of the molecule is CCOC(=O)c1ccc(N2C[C@@H](C(=O)OCC(=O)Nc3ccc(C(=O)OCC(C)C)cc3)CC2=O)cc1. The molecule has 0 aliphatic carbocycles. The van der Waals surface area contributed by atoms with Crippen molar-refractivity contribution >= 4 is 41.1 Å². The summed E-state index contributed by atoms with van der Waals surface area (Å²) >= 11 is 0. The number of carbonyl (C=O) groups is 5. The molecular formula is C27H30N2O8. The summed E-state index contributed by atoms with van der Waals surface area (Å²) in [5.74, 6) is -2.88.